The highest BCUT2D eigenvalue weighted by molar-refractivity contribution is 5.92. The number of ether oxygens (including phenoxy) is 3. The molecule has 1 heterocycles. The lowest BCUT2D eigenvalue weighted by Crippen LogP contribution is -2.39. The third-order valence-electron chi connectivity index (χ3n) is 4.27. The van der Waals surface area contributed by atoms with Crippen LogP contribution in [0.15, 0.2) is 24.3 Å². The van der Waals surface area contributed by atoms with Crippen molar-refractivity contribution in [3.8, 4) is 11.5 Å². The molecule has 1 aromatic carbocycles. The predicted octanol–water partition coefficient (Wildman–Crippen LogP) is 2.52. The van der Waals surface area contributed by atoms with Crippen LogP contribution in [0.1, 0.15) is 25.3 Å². The molecule has 0 saturated carbocycles. The number of esters is 1. The Hall–Kier alpha value is -2.50. The summed E-state index contributed by atoms with van der Waals surface area (Å²) >= 11 is 0. The van der Waals surface area contributed by atoms with Crippen molar-refractivity contribution in [3.05, 3.63) is 29.8 Å². The fourth-order valence-corrected chi connectivity index (χ4v) is 2.83. The van der Waals surface area contributed by atoms with Gasteiger partial charge in [-0.25, -0.2) is 0 Å². The van der Waals surface area contributed by atoms with Gasteiger partial charge in [0.05, 0.1) is 26.7 Å². The summed E-state index contributed by atoms with van der Waals surface area (Å²) in [5, 5.41) is 0. The van der Waals surface area contributed by atoms with Gasteiger partial charge in [-0.3, -0.25) is 9.59 Å². The molecule has 1 saturated heterocycles. The molecule has 1 amide bonds. The number of hydrogen-bond acceptors (Lipinski definition) is 5. The second-order valence-electron chi connectivity index (χ2n) is 5.79. The summed E-state index contributed by atoms with van der Waals surface area (Å²) in [6.45, 7) is 3.31. The van der Waals surface area contributed by atoms with Crippen LogP contribution >= 0.6 is 0 Å². The summed E-state index contributed by atoms with van der Waals surface area (Å²) < 4.78 is 15.6. The van der Waals surface area contributed by atoms with E-state index in [9.17, 15) is 9.59 Å². The molecule has 25 heavy (non-hydrogen) atoms. The van der Waals surface area contributed by atoms with Crippen LogP contribution in [0.3, 0.4) is 0 Å². The number of likely N-dealkylation sites (tertiary alicyclic amines) is 1. The zero-order valence-electron chi connectivity index (χ0n) is 15.0. The van der Waals surface area contributed by atoms with E-state index < -0.39 is 0 Å². The van der Waals surface area contributed by atoms with E-state index in [1.54, 1.807) is 44.3 Å². The van der Waals surface area contributed by atoms with Crippen LogP contribution in [0.4, 0.5) is 0 Å². The topological polar surface area (TPSA) is 65.1 Å². The number of benzene rings is 1. The predicted molar refractivity (Wildman–Crippen MR) is 94.5 cm³/mol. The number of hydrogen-bond donors (Lipinski definition) is 0. The van der Waals surface area contributed by atoms with Crippen molar-refractivity contribution in [1.82, 2.24) is 4.90 Å². The lowest BCUT2D eigenvalue weighted by atomic mass is 9.97. The zero-order valence-corrected chi connectivity index (χ0v) is 15.0. The van der Waals surface area contributed by atoms with Gasteiger partial charge in [0, 0.05) is 24.7 Å². The van der Waals surface area contributed by atoms with Gasteiger partial charge in [0.2, 0.25) is 5.91 Å². The van der Waals surface area contributed by atoms with E-state index in [1.165, 1.54) is 6.08 Å². The number of piperidine rings is 1. The summed E-state index contributed by atoms with van der Waals surface area (Å²) in [5.41, 5.74) is 0.775. The molecule has 1 aromatic rings. The minimum atomic E-state index is -0.161. The Morgan fingerprint density at radius 1 is 1.20 bits per heavy atom. The lowest BCUT2D eigenvalue weighted by Gasteiger charge is -2.30. The molecule has 1 aliphatic rings. The molecule has 1 fully saturated rings. The summed E-state index contributed by atoms with van der Waals surface area (Å²) in [6.07, 6.45) is 4.53. The average molecular weight is 347 g/mol. The lowest BCUT2D eigenvalue weighted by molar-refractivity contribution is -0.150. The van der Waals surface area contributed by atoms with Crippen LogP contribution in [0.2, 0.25) is 0 Å². The fraction of sp³-hybridized carbons (Fsp3) is 0.474. The molecule has 1 aliphatic heterocycles. The quantitative estimate of drug-likeness (QED) is 0.584. The highest BCUT2D eigenvalue weighted by atomic mass is 16.5. The highest BCUT2D eigenvalue weighted by Crippen LogP contribution is 2.25. The number of carbonyl (C=O) groups excluding carboxylic acids is 2. The van der Waals surface area contributed by atoms with Gasteiger partial charge in [-0.2, -0.15) is 0 Å². The van der Waals surface area contributed by atoms with Gasteiger partial charge in [0.25, 0.3) is 0 Å². The molecule has 6 nitrogen and oxygen atoms in total. The molecule has 0 aromatic heterocycles. The second-order valence-corrected chi connectivity index (χ2v) is 5.79. The molecule has 136 valence electrons. The molecule has 2 rings (SSSR count). The summed E-state index contributed by atoms with van der Waals surface area (Å²) in [4.78, 5) is 25.9. The van der Waals surface area contributed by atoms with Crippen molar-refractivity contribution < 1.29 is 23.8 Å². The molecule has 0 N–H and O–H groups in total. The van der Waals surface area contributed by atoms with Crippen molar-refractivity contribution in [2.45, 2.75) is 19.8 Å². The SMILES string of the molecule is CCOC(=O)C1CCN(C(=O)/C=C/c2cc(OC)ccc2OC)CC1. The molecule has 0 bridgehead atoms. The van der Waals surface area contributed by atoms with Crippen LogP contribution in [0, 0.1) is 5.92 Å². The van der Waals surface area contributed by atoms with Crippen molar-refractivity contribution in [2.75, 3.05) is 33.9 Å². The smallest absolute Gasteiger partial charge is 0.309 e. The molecular formula is C19H25NO5. The van der Waals surface area contributed by atoms with Crippen molar-refractivity contribution >= 4 is 18.0 Å². The summed E-state index contributed by atoms with van der Waals surface area (Å²) in [6, 6.07) is 5.42. The van der Waals surface area contributed by atoms with Gasteiger partial charge in [0.15, 0.2) is 0 Å². The van der Waals surface area contributed by atoms with Gasteiger partial charge in [0.1, 0.15) is 11.5 Å². The summed E-state index contributed by atoms with van der Waals surface area (Å²) in [5.74, 6) is 1.03. The number of carbonyl (C=O) groups is 2. The number of rotatable bonds is 6. The van der Waals surface area contributed by atoms with Gasteiger partial charge in [-0.05, 0) is 44.0 Å². The fourth-order valence-electron chi connectivity index (χ4n) is 2.83. The van der Waals surface area contributed by atoms with E-state index >= 15 is 0 Å². The van der Waals surface area contributed by atoms with Crippen molar-refractivity contribution in [2.24, 2.45) is 5.92 Å². The minimum Gasteiger partial charge on any atom is -0.497 e. The third-order valence-corrected chi connectivity index (χ3v) is 4.27. The van der Waals surface area contributed by atoms with Crippen LogP contribution in [0.25, 0.3) is 6.08 Å². The molecule has 0 spiro atoms. The van der Waals surface area contributed by atoms with Gasteiger partial charge in [-0.15, -0.1) is 0 Å². The number of nitrogens with zero attached hydrogens (tertiary/aromatic N) is 1. The number of amides is 1. The Balaban J connectivity index is 1.97. The standard InChI is InChI=1S/C19H25NO5/c1-4-25-19(22)14-9-11-20(12-10-14)18(21)8-5-15-13-16(23-2)6-7-17(15)24-3/h5-8,13-14H,4,9-12H2,1-3H3/b8-5+. The third kappa shape index (κ3) is 4.98. The zero-order chi connectivity index (χ0) is 18.2. The van der Waals surface area contributed by atoms with Crippen LogP contribution in [-0.2, 0) is 14.3 Å². The molecule has 0 unspecified atom stereocenters. The summed E-state index contributed by atoms with van der Waals surface area (Å²) in [7, 11) is 3.18. The van der Waals surface area contributed by atoms with Gasteiger partial charge in [-0.1, -0.05) is 0 Å². The maximum Gasteiger partial charge on any atom is 0.309 e. The molecular weight excluding hydrogens is 322 g/mol. The highest BCUT2D eigenvalue weighted by Gasteiger charge is 2.27. The average Bonchev–Trinajstić information content (AvgIpc) is 2.66. The van der Waals surface area contributed by atoms with Crippen molar-refractivity contribution in [1.29, 1.82) is 0 Å². The van der Waals surface area contributed by atoms with E-state index in [1.807, 2.05) is 6.07 Å². The van der Waals surface area contributed by atoms with Crippen LogP contribution in [-0.4, -0.2) is 50.7 Å². The Morgan fingerprint density at radius 2 is 1.92 bits per heavy atom. The Kier molecular flexibility index (Phi) is 6.86. The molecule has 6 heteroatoms. The van der Waals surface area contributed by atoms with E-state index in [0.29, 0.717) is 44.0 Å². The molecule has 0 atom stereocenters. The first-order valence-corrected chi connectivity index (χ1v) is 8.44. The monoisotopic (exact) mass is 347 g/mol. The van der Waals surface area contributed by atoms with Crippen molar-refractivity contribution in [3.63, 3.8) is 0 Å². The second kappa shape index (κ2) is 9.11. The van der Waals surface area contributed by atoms with E-state index in [4.69, 9.17) is 14.2 Å². The maximum absolute atomic E-state index is 12.4. The molecule has 0 radical (unpaired) electrons. The first kappa shape index (κ1) is 18.8. The Bertz CT molecular complexity index is 633. The Labute approximate surface area is 148 Å². The van der Waals surface area contributed by atoms with Crippen LogP contribution in [0.5, 0.6) is 11.5 Å². The van der Waals surface area contributed by atoms with E-state index in [-0.39, 0.29) is 17.8 Å². The van der Waals surface area contributed by atoms with E-state index in [0.717, 1.165) is 5.56 Å². The maximum atomic E-state index is 12.4. The molecule has 0 aliphatic carbocycles. The Morgan fingerprint density at radius 3 is 2.52 bits per heavy atom. The van der Waals surface area contributed by atoms with Gasteiger partial charge >= 0.3 is 5.97 Å². The van der Waals surface area contributed by atoms with Gasteiger partial charge < -0.3 is 19.1 Å². The van der Waals surface area contributed by atoms with Crippen LogP contribution < -0.4 is 9.47 Å². The normalized spacial score (nSPS) is 15.2. The number of methoxy groups -OCH3 is 2. The van der Waals surface area contributed by atoms with E-state index in [2.05, 4.69) is 0 Å². The minimum absolute atomic E-state index is 0.0767. The first-order valence-electron chi connectivity index (χ1n) is 8.44. The largest absolute Gasteiger partial charge is 0.497 e. The first-order chi connectivity index (χ1) is 12.1.